The molecule has 0 aliphatic heterocycles. The Morgan fingerprint density at radius 3 is 2.55 bits per heavy atom. The van der Waals surface area contributed by atoms with Crippen LogP contribution < -0.4 is 5.73 Å². The lowest BCUT2D eigenvalue weighted by Crippen LogP contribution is -2.35. The third-order valence-corrected chi connectivity index (χ3v) is 1.32. The molecule has 0 aliphatic carbocycles. The fourth-order valence-electron chi connectivity index (χ4n) is 0.963. The van der Waals surface area contributed by atoms with E-state index in [0.717, 1.165) is 6.42 Å². The molecule has 0 aromatic heterocycles. The van der Waals surface area contributed by atoms with Gasteiger partial charge in [0.15, 0.2) is 0 Å². The van der Waals surface area contributed by atoms with Gasteiger partial charge in [-0.15, -0.1) is 0 Å². The predicted molar refractivity (Wildman–Crippen MR) is 42.0 cm³/mol. The van der Waals surface area contributed by atoms with Gasteiger partial charge < -0.3 is 5.73 Å². The van der Waals surface area contributed by atoms with Gasteiger partial charge in [-0.25, -0.2) is 5.06 Å². The van der Waals surface area contributed by atoms with E-state index in [1.165, 1.54) is 0 Å². The van der Waals surface area contributed by atoms with Crippen LogP contribution in [0.15, 0.2) is 0 Å². The second-order valence-electron chi connectivity index (χ2n) is 3.12. The topological polar surface area (TPSA) is 66.6 Å². The minimum Gasteiger partial charge on any atom is -0.326 e. The van der Waals surface area contributed by atoms with Crippen LogP contribution in [0.5, 0.6) is 0 Å². The molecule has 0 saturated heterocycles. The second-order valence-corrected chi connectivity index (χ2v) is 3.12. The average molecular weight is 160 g/mol. The van der Waals surface area contributed by atoms with Crippen molar-refractivity contribution in [1.82, 2.24) is 5.06 Å². The van der Waals surface area contributed by atoms with E-state index >= 15 is 0 Å². The number of amides is 1. The Bertz CT molecular complexity index is 117. The second kappa shape index (κ2) is 5.09. The number of nitrogens with two attached hydrogens (primary N) is 1. The summed E-state index contributed by atoms with van der Waals surface area (Å²) in [6.07, 6.45) is 1.17. The van der Waals surface area contributed by atoms with Crippen molar-refractivity contribution in [2.45, 2.75) is 26.3 Å². The molecule has 0 spiro atoms. The highest BCUT2D eigenvalue weighted by Gasteiger charge is 2.07. The number of hydrogen-bond acceptors (Lipinski definition) is 3. The maximum atomic E-state index is 9.95. The number of rotatable bonds is 5. The lowest BCUT2D eigenvalue weighted by atomic mass is 10.0. The van der Waals surface area contributed by atoms with Gasteiger partial charge >= 0.3 is 0 Å². The molecule has 1 amide bonds. The highest BCUT2D eigenvalue weighted by molar-refractivity contribution is 5.44. The summed E-state index contributed by atoms with van der Waals surface area (Å²) in [6.45, 7) is 4.30. The van der Waals surface area contributed by atoms with Crippen LogP contribution >= 0.6 is 0 Å². The summed E-state index contributed by atoms with van der Waals surface area (Å²) in [5.74, 6) is 0.491. The Morgan fingerprint density at radius 2 is 2.18 bits per heavy atom. The van der Waals surface area contributed by atoms with E-state index in [9.17, 15) is 4.79 Å². The fraction of sp³-hybridized carbons (Fsp3) is 0.857. The Labute approximate surface area is 66.9 Å². The van der Waals surface area contributed by atoms with Gasteiger partial charge in [-0.05, 0) is 12.3 Å². The summed E-state index contributed by atoms with van der Waals surface area (Å²) in [6, 6.07) is -0.134. The molecule has 0 rings (SSSR count). The third-order valence-electron chi connectivity index (χ3n) is 1.32. The van der Waals surface area contributed by atoms with E-state index in [-0.39, 0.29) is 12.6 Å². The van der Waals surface area contributed by atoms with E-state index in [1.807, 2.05) is 13.8 Å². The monoisotopic (exact) mass is 160 g/mol. The number of carbonyl (C=O) groups is 1. The van der Waals surface area contributed by atoms with E-state index in [0.29, 0.717) is 17.4 Å². The Morgan fingerprint density at radius 1 is 1.64 bits per heavy atom. The zero-order chi connectivity index (χ0) is 8.85. The molecule has 3 N–H and O–H groups in total. The zero-order valence-electron chi connectivity index (χ0n) is 7.03. The van der Waals surface area contributed by atoms with Crippen molar-refractivity contribution >= 4 is 6.41 Å². The molecule has 0 aliphatic rings. The maximum absolute atomic E-state index is 9.95. The van der Waals surface area contributed by atoms with Crippen LogP contribution in [0.3, 0.4) is 0 Å². The summed E-state index contributed by atoms with van der Waals surface area (Å²) in [7, 11) is 0. The molecular formula is C7H16N2O2. The van der Waals surface area contributed by atoms with Crippen LogP contribution in [0.1, 0.15) is 20.3 Å². The Kier molecular flexibility index (Phi) is 4.81. The van der Waals surface area contributed by atoms with E-state index in [2.05, 4.69) is 0 Å². The third kappa shape index (κ3) is 5.82. The van der Waals surface area contributed by atoms with Crippen molar-refractivity contribution in [3.63, 3.8) is 0 Å². The molecule has 66 valence electrons. The lowest BCUT2D eigenvalue weighted by Gasteiger charge is -2.16. The van der Waals surface area contributed by atoms with E-state index < -0.39 is 0 Å². The van der Waals surface area contributed by atoms with Gasteiger partial charge in [0.05, 0.1) is 6.54 Å². The van der Waals surface area contributed by atoms with Gasteiger partial charge in [0, 0.05) is 6.04 Å². The van der Waals surface area contributed by atoms with E-state index in [4.69, 9.17) is 10.9 Å². The smallest absolute Gasteiger partial charge is 0.233 e. The standard InChI is InChI=1S/C7H16N2O2/c1-6(2)3-7(8)4-9(11)5-10/h5-7,11H,3-4,8H2,1-2H3/t7-/m0/s1. The summed E-state index contributed by atoms with van der Waals surface area (Å²) >= 11 is 0. The van der Waals surface area contributed by atoms with Crippen molar-refractivity contribution in [3.05, 3.63) is 0 Å². The van der Waals surface area contributed by atoms with Gasteiger partial charge in [0.1, 0.15) is 0 Å². The summed E-state index contributed by atoms with van der Waals surface area (Å²) in [4.78, 5) is 9.95. The molecule has 0 fully saturated rings. The molecule has 1 atom stereocenters. The lowest BCUT2D eigenvalue weighted by molar-refractivity contribution is -0.150. The van der Waals surface area contributed by atoms with Crippen LogP contribution in [-0.4, -0.2) is 29.3 Å². The largest absolute Gasteiger partial charge is 0.326 e. The normalized spacial score (nSPS) is 13.2. The fourth-order valence-corrected chi connectivity index (χ4v) is 0.963. The Hall–Kier alpha value is -0.610. The van der Waals surface area contributed by atoms with Gasteiger partial charge in [-0.3, -0.25) is 10.0 Å². The van der Waals surface area contributed by atoms with Crippen LogP contribution in [0.4, 0.5) is 0 Å². The molecular weight excluding hydrogens is 144 g/mol. The summed E-state index contributed by atoms with van der Waals surface area (Å²) in [5, 5.41) is 9.30. The molecule has 0 aromatic rings. The van der Waals surface area contributed by atoms with Gasteiger partial charge in [0.2, 0.25) is 6.41 Å². The first-order valence-corrected chi connectivity index (χ1v) is 3.72. The highest BCUT2D eigenvalue weighted by atomic mass is 16.5. The predicted octanol–water partition coefficient (Wildman–Crippen LogP) is 0.207. The van der Waals surface area contributed by atoms with Crippen LogP contribution in [-0.2, 0) is 4.79 Å². The molecule has 0 bridgehead atoms. The first kappa shape index (κ1) is 10.4. The Balaban J connectivity index is 3.51. The average Bonchev–Trinajstić information content (AvgIpc) is 1.85. The minimum absolute atomic E-state index is 0.134. The first-order valence-electron chi connectivity index (χ1n) is 3.72. The van der Waals surface area contributed by atoms with Crippen molar-refractivity contribution in [2.75, 3.05) is 6.54 Å². The van der Waals surface area contributed by atoms with Crippen molar-refractivity contribution in [1.29, 1.82) is 0 Å². The minimum atomic E-state index is -0.134. The van der Waals surface area contributed by atoms with Crippen LogP contribution in [0.2, 0.25) is 0 Å². The SMILES string of the molecule is CC(C)C[C@H](N)CN(O)C=O. The molecule has 0 radical (unpaired) electrons. The molecule has 0 heterocycles. The number of nitrogens with zero attached hydrogens (tertiary/aromatic N) is 1. The van der Waals surface area contributed by atoms with Gasteiger partial charge in [-0.1, -0.05) is 13.8 Å². The van der Waals surface area contributed by atoms with Gasteiger partial charge in [-0.2, -0.15) is 0 Å². The van der Waals surface area contributed by atoms with E-state index in [1.54, 1.807) is 0 Å². The summed E-state index contributed by atoms with van der Waals surface area (Å²) in [5.41, 5.74) is 5.59. The van der Waals surface area contributed by atoms with Crippen LogP contribution in [0.25, 0.3) is 0 Å². The number of hydrogen-bond donors (Lipinski definition) is 2. The molecule has 4 heteroatoms. The molecule has 0 saturated carbocycles. The maximum Gasteiger partial charge on any atom is 0.233 e. The molecule has 0 aromatic carbocycles. The van der Waals surface area contributed by atoms with Crippen molar-refractivity contribution in [3.8, 4) is 0 Å². The van der Waals surface area contributed by atoms with Gasteiger partial charge in [0.25, 0.3) is 0 Å². The van der Waals surface area contributed by atoms with Crippen molar-refractivity contribution in [2.24, 2.45) is 11.7 Å². The molecule has 11 heavy (non-hydrogen) atoms. The van der Waals surface area contributed by atoms with Crippen LogP contribution in [0, 0.1) is 5.92 Å². The molecule has 0 unspecified atom stereocenters. The first-order chi connectivity index (χ1) is 5.06. The number of carbonyl (C=O) groups excluding carboxylic acids is 1. The summed E-state index contributed by atoms with van der Waals surface area (Å²) < 4.78 is 0. The van der Waals surface area contributed by atoms with Crippen molar-refractivity contribution < 1.29 is 10.0 Å². The zero-order valence-corrected chi connectivity index (χ0v) is 7.03. The quantitative estimate of drug-likeness (QED) is 0.343. The molecule has 4 nitrogen and oxygen atoms in total. The highest BCUT2D eigenvalue weighted by Crippen LogP contribution is 2.02. The number of hydroxylamine groups is 2.